The summed E-state index contributed by atoms with van der Waals surface area (Å²) in [6.45, 7) is 0.651. The summed E-state index contributed by atoms with van der Waals surface area (Å²) in [6.07, 6.45) is -3.38. The van der Waals surface area contributed by atoms with Crippen LogP contribution < -0.4 is 10.8 Å². The highest BCUT2D eigenvalue weighted by atomic mass is 19.3. The Hall–Kier alpha value is -4.25. The molecule has 0 aliphatic rings. The number of hydrogen-bond acceptors (Lipinski definition) is 5. The van der Waals surface area contributed by atoms with Crippen LogP contribution in [0.1, 0.15) is 38.8 Å². The van der Waals surface area contributed by atoms with Crippen LogP contribution in [0.25, 0.3) is 0 Å². The molecule has 2 aromatic carbocycles. The average Bonchev–Trinajstić information content (AvgIpc) is 2.80. The van der Waals surface area contributed by atoms with E-state index in [1.165, 1.54) is 36.4 Å². The van der Waals surface area contributed by atoms with Crippen LogP contribution in [0.2, 0.25) is 0 Å². The van der Waals surface area contributed by atoms with E-state index in [9.17, 15) is 28.3 Å². The van der Waals surface area contributed by atoms with Crippen molar-refractivity contribution < 1.29 is 38.6 Å². The molecule has 5 N–H and O–H groups in total. The number of hydroxylamine groups is 1. The van der Waals surface area contributed by atoms with Crippen molar-refractivity contribution in [2.45, 2.75) is 25.0 Å². The van der Waals surface area contributed by atoms with E-state index in [0.717, 1.165) is 5.48 Å². The number of carbonyl (C=O) groups is 3. The van der Waals surface area contributed by atoms with Crippen molar-refractivity contribution in [2.75, 3.05) is 0 Å². The third kappa shape index (κ3) is 6.61. The number of halogens is 2. The third-order valence-electron chi connectivity index (χ3n) is 4.43. The summed E-state index contributed by atoms with van der Waals surface area (Å²) in [7, 11) is 0. The van der Waals surface area contributed by atoms with Gasteiger partial charge in [0.05, 0.1) is 5.56 Å². The monoisotopic (exact) mass is 456 g/mol. The fraction of sp³-hybridized carbons (Fsp3) is 0.174. The number of aliphatic hydroxyl groups is 1. The van der Waals surface area contributed by atoms with Crippen molar-refractivity contribution in [3.05, 3.63) is 70.8 Å². The van der Waals surface area contributed by atoms with Crippen molar-refractivity contribution >= 4 is 17.8 Å². The zero-order chi connectivity index (χ0) is 24.6. The van der Waals surface area contributed by atoms with E-state index in [1.807, 2.05) is 5.32 Å². The molecule has 0 aliphatic carbocycles. The second-order valence-electron chi connectivity index (χ2n) is 6.87. The predicted molar refractivity (Wildman–Crippen MR) is 111 cm³/mol. The number of carboxylic acids is 1. The molecule has 8 nitrogen and oxygen atoms in total. The molecule has 0 saturated heterocycles. The highest BCUT2D eigenvalue weighted by Crippen LogP contribution is 2.20. The quantitative estimate of drug-likeness (QED) is 0.253. The first-order valence-electron chi connectivity index (χ1n) is 9.27. The maximum atomic E-state index is 13.1. The van der Waals surface area contributed by atoms with E-state index in [1.54, 1.807) is 12.1 Å². The van der Waals surface area contributed by atoms with Crippen LogP contribution in [0, 0.1) is 23.7 Å². The predicted octanol–water partition coefficient (Wildman–Crippen LogP) is 1.41. The molecular weight excluding hydrogens is 438 g/mol. The van der Waals surface area contributed by atoms with Crippen LogP contribution in [-0.2, 0) is 4.79 Å². The van der Waals surface area contributed by atoms with Gasteiger partial charge in [-0.25, -0.2) is 19.1 Å². The molecule has 0 radical (unpaired) electrons. The molecule has 170 valence electrons. The number of hydrogen-bond donors (Lipinski definition) is 5. The van der Waals surface area contributed by atoms with Crippen molar-refractivity contribution in [3.8, 4) is 23.7 Å². The van der Waals surface area contributed by atoms with E-state index in [-0.39, 0.29) is 11.1 Å². The number of benzene rings is 2. The second-order valence-corrected chi connectivity index (χ2v) is 6.87. The average molecular weight is 456 g/mol. The van der Waals surface area contributed by atoms with Gasteiger partial charge in [-0.15, -0.1) is 0 Å². The van der Waals surface area contributed by atoms with Gasteiger partial charge in [0.2, 0.25) is 0 Å². The summed E-state index contributed by atoms with van der Waals surface area (Å²) in [4.78, 5) is 34.8. The number of nitrogens with one attached hydrogen (secondary N) is 2. The molecule has 0 bridgehead atoms. The molecule has 0 fully saturated rings. The second kappa shape index (κ2) is 10.9. The van der Waals surface area contributed by atoms with Gasteiger partial charge in [0.15, 0.2) is 5.60 Å². The van der Waals surface area contributed by atoms with Crippen molar-refractivity contribution in [2.24, 2.45) is 0 Å². The number of carbonyl (C=O) groups excluding carboxylic acids is 2. The molecule has 33 heavy (non-hydrogen) atoms. The van der Waals surface area contributed by atoms with E-state index in [0.29, 0.717) is 18.1 Å². The van der Waals surface area contributed by atoms with E-state index in [4.69, 9.17) is 10.3 Å². The maximum Gasteiger partial charge on any atom is 0.335 e. The Morgan fingerprint density at radius 3 is 1.76 bits per heavy atom. The zero-order valence-electron chi connectivity index (χ0n) is 17.1. The molecule has 0 spiro atoms. The highest BCUT2D eigenvalue weighted by Gasteiger charge is 2.46. The first kappa shape index (κ1) is 25.0. The first-order chi connectivity index (χ1) is 15.6. The fourth-order valence-electron chi connectivity index (χ4n) is 2.49. The van der Waals surface area contributed by atoms with Gasteiger partial charge in [-0.2, -0.15) is 0 Å². The molecule has 2 atom stereocenters. The van der Waals surface area contributed by atoms with Crippen molar-refractivity contribution in [1.29, 1.82) is 0 Å². The normalized spacial score (nSPS) is 12.8. The minimum atomic E-state index is -3.38. The molecule has 0 saturated carbocycles. The summed E-state index contributed by atoms with van der Waals surface area (Å²) in [5, 5.41) is 29.4. The first-order valence-corrected chi connectivity index (χ1v) is 9.27. The SMILES string of the molecule is CC(O)(C(F)F)C(NC(=O)c1ccc(C#CC#Cc2ccc(C(=O)O)cc2)cc1)C(=O)NO. The summed E-state index contributed by atoms with van der Waals surface area (Å²) < 4.78 is 26.1. The molecular formula is C23H18F2N2O6. The Kier molecular flexibility index (Phi) is 8.24. The summed E-state index contributed by atoms with van der Waals surface area (Å²) in [5.41, 5.74) is -0.617. The molecule has 0 aliphatic heterocycles. The molecule has 2 amide bonds. The molecule has 0 aromatic heterocycles. The van der Waals surface area contributed by atoms with Crippen LogP contribution in [0.5, 0.6) is 0 Å². The van der Waals surface area contributed by atoms with E-state index >= 15 is 0 Å². The zero-order valence-corrected chi connectivity index (χ0v) is 17.1. The minimum absolute atomic E-state index is 0.00837. The Labute approximate surface area is 187 Å². The van der Waals surface area contributed by atoms with Crippen LogP contribution in [0.15, 0.2) is 48.5 Å². The van der Waals surface area contributed by atoms with Gasteiger partial charge in [-0.1, -0.05) is 11.8 Å². The highest BCUT2D eigenvalue weighted by molar-refractivity contribution is 5.98. The van der Waals surface area contributed by atoms with Gasteiger partial charge in [0.25, 0.3) is 18.2 Å². The lowest BCUT2D eigenvalue weighted by atomic mass is 9.95. The summed E-state index contributed by atoms with van der Waals surface area (Å²) in [5.74, 6) is 7.29. The topological polar surface area (TPSA) is 136 Å². The van der Waals surface area contributed by atoms with E-state index < -0.39 is 35.9 Å². The third-order valence-corrected chi connectivity index (χ3v) is 4.43. The smallest absolute Gasteiger partial charge is 0.335 e. The number of amides is 2. The lowest BCUT2D eigenvalue weighted by molar-refractivity contribution is -0.149. The molecule has 2 unspecified atom stereocenters. The lowest BCUT2D eigenvalue weighted by Gasteiger charge is -2.30. The number of alkyl halides is 2. The number of aromatic carboxylic acids is 1. The number of carboxylic acid groups (broad SMARTS) is 1. The van der Waals surface area contributed by atoms with Crippen LogP contribution in [-0.4, -0.2) is 51.3 Å². The van der Waals surface area contributed by atoms with Crippen molar-refractivity contribution in [3.63, 3.8) is 0 Å². The van der Waals surface area contributed by atoms with Gasteiger partial charge in [0.1, 0.15) is 6.04 Å². The Morgan fingerprint density at radius 2 is 1.36 bits per heavy atom. The minimum Gasteiger partial charge on any atom is -0.478 e. The Bertz CT molecular complexity index is 1150. The van der Waals surface area contributed by atoms with Gasteiger partial charge < -0.3 is 15.5 Å². The van der Waals surface area contributed by atoms with Gasteiger partial charge in [-0.3, -0.25) is 14.8 Å². The molecule has 2 rings (SSSR count). The fourth-order valence-corrected chi connectivity index (χ4v) is 2.49. The molecule has 10 heteroatoms. The van der Waals surface area contributed by atoms with Crippen LogP contribution >= 0.6 is 0 Å². The Balaban J connectivity index is 2.09. The van der Waals surface area contributed by atoms with Crippen LogP contribution in [0.4, 0.5) is 8.78 Å². The largest absolute Gasteiger partial charge is 0.478 e. The van der Waals surface area contributed by atoms with Gasteiger partial charge in [0, 0.05) is 16.7 Å². The van der Waals surface area contributed by atoms with Crippen LogP contribution in [0.3, 0.4) is 0 Å². The van der Waals surface area contributed by atoms with E-state index in [2.05, 4.69) is 23.7 Å². The number of rotatable bonds is 6. The lowest BCUT2D eigenvalue weighted by Crippen LogP contribution is -2.61. The van der Waals surface area contributed by atoms with Gasteiger partial charge >= 0.3 is 5.97 Å². The molecule has 0 heterocycles. The van der Waals surface area contributed by atoms with Gasteiger partial charge in [-0.05, 0) is 67.3 Å². The Morgan fingerprint density at radius 1 is 0.909 bits per heavy atom. The summed E-state index contributed by atoms with van der Waals surface area (Å²) in [6, 6.07) is 9.36. The summed E-state index contributed by atoms with van der Waals surface area (Å²) >= 11 is 0. The van der Waals surface area contributed by atoms with Crippen molar-refractivity contribution in [1.82, 2.24) is 10.8 Å². The molecule has 2 aromatic rings. The standard InChI is InChI=1S/C23H18F2N2O6/c1-23(32,22(24)25)18(20(29)27-33)26-19(28)16-10-6-14(7-11-16)4-2-3-5-15-8-12-17(13-9-15)21(30)31/h6-13,18,22,32-33H,1H3,(H,26,28)(H,27,29)(H,30,31). The maximum absolute atomic E-state index is 13.1.